The van der Waals surface area contributed by atoms with Crippen LogP contribution in [0.3, 0.4) is 0 Å². The van der Waals surface area contributed by atoms with E-state index in [1.165, 1.54) is 17.1 Å². The molecule has 0 bridgehead atoms. The molecule has 0 unspecified atom stereocenters. The van der Waals surface area contributed by atoms with Crippen molar-refractivity contribution in [2.24, 2.45) is 0 Å². The highest BCUT2D eigenvalue weighted by Gasteiger charge is 2.13. The Labute approximate surface area is 171 Å². The molecule has 0 radical (unpaired) electrons. The number of nitrogen functional groups attached to an aromatic ring is 1. The second-order valence-corrected chi connectivity index (χ2v) is 7.24. The molecule has 0 atom stereocenters. The summed E-state index contributed by atoms with van der Waals surface area (Å²) in [5, 5.41) is 3.06. The van der Waals surface area contributed by atoms with Crippen LogP contribution in [0.15, 0.2) is 48.5 Å². The lowest BCUT2D eigenvalue weighted by Gasteiger charge is -2.27. The molecule has 142 valence electrons. The fraction of sp³-hybridized carbons (Fsp3) is 0.316. The summed E-state index contributed by atoms with van der Waals surface area (Å²) in [6.07, 6.45) is 0.356. The molecule has 1 amide bonds. The summed E-state index contributed by atoms with van der Waals surface area (Å²) in [6.45, 7) is 3.11. The van der Waals surface area contributed by atoms with Crippen LogP contribution in [-0.4, -0.2) is 35.4 Å². The molecule has 2 aromatic rings. The van der Waals surface area contributed by atoms with Gasteiger partial charge in [0.1, 0.15) is 0 Å². The van der Waals surface area contributed by atoms with E-state index in [1.807, 2.05) is 54.2 Å². The van der Waals surface area contributed by atoms with Gasteiger partial charge in [-0.3, -0.25) is 9.69 Å². The van der Waals surface area contributed by atoms with Crippen molar-refractivity contribution in [1.29, 1.82) is 0 Å². The Kier molecular flexibility index (Phi) is 9.88. The van der Waals surface area contributed by atoms with Crippen LogP contribution >= 0.6 is 36.6 Å². The molecule has 3 N–H and O–H groups in total. The molecule has 4 nitrogen and oxygen atoms in total. The molecule has 2 aromatic carbocycles. The van der Waals surface area contributed by atoms with E-state index in [1.54, 1.807) is 0 Å². The van der Waals surface area contributed by atoms with Crippen LogP contribution in [0.1, 0.15) is 11.1 Å². The van der Waals surface area contributed by atoms with Crippen molar-refractivity contribution >= 4 is 53.9 Å². The van der Waals surface area contributed by atoms with Crippen molar-refractivity contribution in [1.82, 2.24) is 4.90 Å². The highest BCUT2D eigenvalue weighted by atomic mass is 35.5. The highest BCUT2D eigenvalue weighted by molar-refractivity contribution is 7.99. The lowest BCUT2D eigenvalue weighted by molar-refractivity contribution is -0.115. The molecule has 1 aliphatic heterocycles. The number of carbonyl (C=O) groups is 1. The van der Waals surface area contributed by atoms with Gasteiger partial charge in [-0.05, 0) is 29.3 Å². The Morgan fingerprint density at radius 1 is 1.04 bits per heavy atom. The number of carbonyl (C=O) groups excluding carboxylic acids is 1. The van der Waals surface area contributed by atoms with Crippen molar-refractivity contribution in [2.75, 3.05) is 35.6 Å². The van der Waals surface area contributed by atoms with Crippen molar-refractivity contribution in [3.05, 3.63) is 59.7 Å². The SMILES string of the molecule is Cl.Cl.Nc1ccc(CC(=O)Nc2ccccc2CN2CCSCC2)cc1. The number of rotatable bonds is 5. The van der Waals surface area contributed by atoms with Gasteiger partial charge in [-0.15, -0.1) is 24.8 Å². The summed E-state index contributed by atoms with van der Waals surface area (Å²) in [4.78, 5) is 14.8. The summed E-state index contributed by atoms with van der Waals surface area (Å²) in [5.74, 6) is 2.37. The molecule has 7 heteroatoms. The summed E-state index contributed by atoms with van der Waals surface area (Å²) in [5.41, 5.74) is 9.45. The monoisotopic (exact) mass is 413 g/mol. The molecule has 0 aliphatic carbocycles. The molecule has 1 heterocycles. The second-order valence-electron chi connectivity index (χ2n) is 6.01. The van der Waals surface area contributed by atoms with Crippen molar-refractivity contribution in [3.8, 4) is 0 Å². The number of amides is 1. The number of hydrogen-bond acceptors (Lipinski definition) is 4. The Balaban J connectivity index is 0.00000169. The predicted octanol–water partition coefficient (Wildman–Crippen LogP) is 3.84. The Morgan fingerprint density at radius 2 is 1.69 bits per heavy atom. The van der Waals surface area contributed by atoms with Crippen LogP contribution < -0.4 is 11.1 Å². The summed E-state index contributed by atoms with van der Waals surface area (Å²) < 4.78 is 0. The first-order valence-electron chi connectivity index (χ1n) is 8.23. The Hall–Kier alpha value is -1.40. The van der Waals surface area contributed by atoms with Gasteiger partial charge in [0, 0.05) is 42.5 Å². The van der Waals surface area contributed by atoms with Gasteiger partial charge in [0.25, 0.3) is 0 Å². The topological polar surface area (TPSA) is 58.4 Å². The van der Waals surface area contributed by atoms with Gasteiger partial charge < -0.3 is 11.1 Å². The van der Waals surface area contributed by atoms with E-state index < -0.39 is 0 Å². The maximum Gasteiger partial charge on any atom is 0.228 e. The number of anilines is 2. The number of nitrogens with zero attached hydrogens (tertiary/aromatic N) is 1. The van der Waals surface area contributed by atoms with Crippen LogP contribution in [0.2, 0.25) is 0 Å². The maximum atomic E-state index is 12.4. The number of halogens is 2. The zero-order valence-electron chi connectivity index (χ0n) is 14.5. The number of thioether (sulfide) groups is 1. The second kappa shape index (κ2) is 11.3. The fourth-order valence-corrected chi connectivity index (χ4v) is 3.77. The van der Waals surface area contributed by atoms with Gasteiger partial charge in [0.15, 0.2) is 0 Å². The zero-order chi connectivity index (χ0) is 16.8. The molecule has 0 saturated carbocycles. The average molecular weight is 414 g/mol. The summed E-state index contributed by atoms with van der Waals surface area (Å²) in [7, 11) is 0. The molecule has 0 spiro atoms. The quantitative estimate of drug-likeness (QED) is 0.730. The van der Waals surface area contributed by atoms with Crippen LogP contribution in [-0.2, 0) is 17.8 Å². The van der Waals surface area contributed by atoms with Gasteiger partial charge in [-0.25, -0.2) is 0 Å². The number of nitrogens with two attached hydrogens (primary N) is 1. The third-order valence-electron chi connectivity index (χ3n) is 4.13. The molecule has 1 saturated heterocycles. The average Bonchev–Trinajstić information content (AvgIpc) is 2.60. The highest BCUT2D eigenvalue weighted by Crippen LogP contribution is 2.20. The van der Waals surface area contributed by atoms with Crippen molar-refractivity contribution in [3.63, 3.8) is 0 Å². The van der Waals surface area contributed by atoms with E-state index in [0.717, 1.165) is 30.9 Å². The maximum absolute atomic E-state index is 12.4. The van der Waals surface area contributed by atoms with E-state index in [2.05, 4.69) is 16.3 Å². The summed E-state index contributed by atoms with van der Waals surface area (Å²) in [6, 6.07) is 15.5. The van der Waals surface area contributed by atoms with Crippen LogP contribution in [0, 0.1) is 0 Å². The van der Waals surface area contributed by atoms with Crippen molar-refractivity contribution < 1.29 is 4.79 Å². The van der Waals surface area contributed by atoms with Crippen LogP contribution in [0.4, 0.5) is 11.4 Å². The Bertz CT molecular complexity index is 691. The fourth-order valence-electron chi connectivity index (χ4n) is 2.80. The zero-order valence-corrected chi connectivity index (χ0v) is 17.0. The minimum absolute atomic E-state index is 0. The number of hydrogen-bond donors (Lipinski definition) is 2. The number of para-hydroxylation sites is 1. The minimum Gasteiger partial charge on any atom is -0.399 e. The molecule has 1 aliphatic rings. The first-order valence-corrected chi connectivity index (χ1v) is 9.38. The van der Waals surface area contributed by atoms with Gasteiger partial charge in [-0.2, -0.15) is 11.8 Å². The molecule has 0 aromatic heterocycles. The molecular weight excluding hydrogens is 389 g/mol. The molecule has 26 heavy (non-hydrogen) atoms. The van der Waals surface area contributed by atoms with Crippen molar-refractivity contribution in [2.45, 2.75) is 13.0 Å². The van der Waals surface area contributed by atoms with E-state index in [-0.39, 0.29) is 30.7 Å². The van der Waals surface area contributed by atoms with E-state index in [0.29, 0.717) is 12.1 Å². The van der Waals surface area contributed by atoms with Gasteiger partial charge >= 0.3 is 0 Å². The largest absolute Gasteiger partial charge is 0.399 e. The molecule has 3 rings (SSSR count). The first kappa shape index (κ1) is 22.6. The van der Waals surface area contributed by atoms with Gasteiger partial charge in [0.05, 0.1) is 6.42 Å². The third kappa shape index (κ3) is 6.72. The summed E-state index contributed by atoms with van der Waals surface area (Å²) >= 11 is 2.01. The third-order valence-corrected chi connectivity index (χ3v) is 5.08. The van der Waals surface area contributed by atoms with Crippen LogP contribution in [0.5, 0.6) is 0 Å². The van der Waals surface area contributed by atoms with Gasteiger partial charge in [-0.1, -0.05) is 30.3 Å². The first-order chi connectivity index (χ1) is 11.7. The molecule has 1 fully saturated rings. The molecular formula is C19H25Cl2N3OS. The minimum atomic E-state index is 0. The van der Waals surface area contributed by atoms with E-state index >= 15 is 0 Å². The lowest BCUT2D eigenvalue weighted by Crippen LogP contribution is -2.32. The standard InChI is InChI=1S/C19H23N3OS.2ClH/c20-17-7-5-15(6-8-17)13-19(23)21-18-4-2-1-3-16(18)14-22-9-11-24-12-10-22;;/h1-8H,9-14,20H2,(H,21,23);2*1H. The smallest absolute Gasteiger partial charge is 0.228 e. The normalized spacial score (nSPS) is 14.0. The van der Waals surface area contributed by atoms with Gasteiger partial charge in [0.2, 0.25) is 5.91 Å². The Morgan fingerprint density at radius 3 is 2.38 bits per heavy atom. The van der Waals surface area contributed by atoms with E-state index in [9.17, 15) is 4.79 Å². The van der Waals surface area contributed by atoms with Crippen LogP contribution in [0.25, 0.3) is 0 Å². The van der Waals surface area contributed by atoms with E-state index in [4.69, 9.17) is 5.73 Å². The number of benzene rings is 2. The number of nitrogens with one attached hydrogen (secondary N) is 1. The predicted molar refractivity (Wildman–Crippen MR) is 117 cm³/mol. The lowest BCUT2D eigenvalue weighted by atomic mass is 10.1.